The number of fused-ring (bicyclic) bond motifs is 3. The van der Waals surface area contributed by atoms with Gasteiger partial charge in [0.05, 0.1) is 18.1 Å². The number of phosphoric acid groups is 1. The quantitative estimate of drug-likeness (QED) is 0.101. The molecule has 0 N–H and O–H groups in total. The average Bonchev–Trinajstić information content (AvgIpc) is 2.82. The Labute approximate surface area is 202 Å². The SMILES string of the molecule is CCOP(=O)(OCC)O[C@@H](c1ccc([N+](=O)[O-])cc1)c1cc2ccccc2c2cc(Cl)ccc12. The first-order chi connectivity index (χ1) is 16.3. The molecular formula is C25H23ClNO6P. The van der Waals surface area contributed by atoms with Gasteiger partial charge < -0.3 is 0 Å². The second kappa shape index (κ2) is 10.2. The van der Waals surface area contributed by atoms with Crippen LogP contribution in [0, 0.1) is 10.1 Å². The van der Waals surface area contributed by atoms with Gasteiger partial charge in [0.25, 0.3) is 5.69 Å². The summed E-state index contributed by atoms with van der Waals surface area (Å²) < 4.78 is 30.3. The normalized spacial score (nSPS) is 12.8. The van der Waals surface area contributed by atoms with Crippen LogP contribution in [-0.2, 0) is 18.1 Å². The van der Waals surface area contributed by atoms with Crippen LogP contribution in [0.1, 0.15) is 31.1 Å². The average molecular weight is 500 g/mol. The van der Waals surface area contributed by atoms with E-state index in [-0.39, 0.29) is 18.9 Å². The summed E-state index contributed by atoms with van der Waals surface area (Å²) in [5.41, 5.74) is 1.21. The zero-order valence-electron chi connectivity index (χ0n) is 18.6. The molecule has 9 heteroatoms. The van der Waals surface area contributed by atoms with Gasteiger partial charge in [-0.05, 0) is 76.9 Å². The smallest absolute Gasteiger partial charge is 0.287 e. The fraction of sp³-hybridized carbons (Fsp3) is 0.200. The molecule has 4 rings (SSSR count). The molecular weight excluding hydrogens is 477 g/mol. The van der Waals surface area contributed by atoms with E-state index in [2.05, 4.69) is 0 Å². The highest BCUT2D eigenvalue weighted by atomic mass is 35.5. The van der Waals surface area contributed by atoms with Crippen molar-refractivity contribution in [3.63, 3.8) is 0 Å². The molecule has 0 saturated heterocycles. The van der Waals surface area contributed by atoms with Crippen molar-refractivity contribution < 1.29 is 23.1 Å². The third-order valence-corrected chi connectivity index (χ3v) is 7.21. The van der Waals surface area contributed by atoms with Crippen molar-refractivity contribution in [2.24, 2.45) is 0 Å². The fourth-order valence-electron chi connectivity index (χ4n) is 3.93. The van der Waals surface area contributed by atoms with Crippen molar-refractivity contribution in [1.29, 1.82) is 0 Å². The highest BCUT2D eigenvalue weighted by Crippen LogP contribution is 2.55. The standard InChI is InChI=1S/C25H23ClNO6P/c1-3-31-34(30,32-4-2)33-25(17-9-12-20(13-10-17)27(28)29)24-15-18-7-5-6-8-21(18)23-16-19(26)11-14-22(23)24/h5-16,25H,3-4H2,1-2H3/t25-/m0/s1. The topological polar surface area (TPSA) is 87.9 Å². The van der Waals surface area contributed by atoms with Crippen molar-refractivity contribution in [2.75, 3.05) is 13.2 Å². The van der Waals surface area contributed by atoms with Crippen LogP contribution >= 0.6 is 19.4 Å². The monoisotopic (exact) mass is 499 g/mol. The number of nitro benzene ring substituents is 1. The third kappa shape index (κ3) is 4.99. The van der Waals surface area contributed by atoms with Crippen LogP contribution in [0.15, 0.2) is 72.8 Å². The Hall–Kier alpha value is -2.80. The summed E-state index contributed by atoms with van der Waals surface area (Å²) >= 11 is 6.32. The molecule has 0 radical (unpaired) electrons. The molecule has 0 bridgehead atoms. The highest BCUT2D eigenvalue weighted by molar-refractivity contribution is 7.48. The van der Waals surface area contributed by atoms with Gasteiger partial charge >= 0.3 is 7.82 Å². The number of halogens is 1. The molecule has 0 amide bonds. The molecule has 0 aliphatic heterocycles. The van der Waals surface area contributed by atoms with Crippen LogP contribution in [0.25, 0.3) is 21.5 Å². The lowest BCUT2D eigenvalue weighted by molar-refractivity contribution is -0.384. The predicted octanol–water partition coefficient (Wildman–Crippen LogP) is 7.84. The molecule has 34 heavy (non-hydrogen) atoms. The van der Waals surface area contributed by atoms with Crippen LogP contribution in [0.4, 0.5) is 5.69 Å². The lowest BCUT2D eigenvalue weighted by atomic mass is 9.92. The van der Waals surface area contributed by atoms with E-state index < -0.39 is 18.8 Å². The number of benzene rings is 4. The van der Waals surface area contributed by atoms with E-state index in [1.807, 2.05) is 42.5 Å². The molecule has 0 aliphatic rings. The van der Waals surface area contributed by atoms with Gasteiger partial charge in [-0.3, -0.25) is 23.7 Å². The van der Waals surface area contributed by atoms with E-state index in [1.165, 1.54) is 12.1 Å². The summed E-state index contributed by atoms with van der Waals surface area (Å²) in [6, 6.07) is 21.3. The number of hydrogen-bond donors (Lipinski definition) is 0. The minimum absolute atomic E-state index is 0.0598. The molecule has 0 heterocycles. The van der Waals surface area contributed by atoms with E-state index in [9.17, 15) is 14.7 Å². The van der Waals surface area contributed by atoms with E-state index in [0.717, 1.165) is 21.5 Å². The van der Waals surface area contributed by atoms with E-state index >= 15 is 0 Å². The van der Waals surface area contributed by atoms with Crippen LogP contribution in [-0.4, -0.2) is 18.1 Å². The Kier molecular flexibility index (Phi) is 7.31. The number of rotatable bonds is 9. The molecule has 7 nitrogen and oxygen atoms in total. The Bertz CT molecular complexity index is 1380. The first kappa shape index (κ1) is 24.3. The van der Waals surface area contributed by atoms with Gasteiger partial charge in [-0.2, -0.15) is 0 Å². The van der Waals surface area contributed by atoms with Crippen LogP contribution in [0.2, 0.25) is 5.02 Å². The maximum absolute atomic E-state index is 13.4. The largest absolute Gasteiger partial charge is 0.475 e. The van der Waals surface area contributed by atoms with Crippen molar-refractivity contribution in [1.82, 2.24) is 0 Å². The van der Waals surface area contributed by atoms with Gasteiger partial charge in [-0.15, -0.1) is 0 Å². The fourth-order valence-corrected chi connectivity index (χ4v) is 5.43. The van der Waals surface area contributed by atoms with Gasteiger partial charge in [0.2, 0.25) is 0 Å². The maximum Gasteiger partial charge on any atom is 0.475 e. The minimum Gasteiger partial charge on any atom is -0.287 e. The molecule has 176 valence electrons. The number of non-ortho nitro benzene ring substituents is 1. The van der Waals surface area contributed by atoms with Crippen LogP contribution in [0.3, 0.4) is 0 Å². The van der Waals surface area contributed by atoms with Gasteiger partial charge in [0.1, 0.15) is 6.10 Å². The summed E-state index contributed by atoms with van der Waals surface area (Å²) in [6.07, 6.45) is -0.891. The minimum atomic E-state index is -3.95. The van der Waals surface area contributed by atoms with Crippen LogP contribution < -0.4 is 0 Å². The summed E-state index contributed by atoms with van der Waals surface area (Å²) in [7, 11) is -3.95. The van der Waals surface area contributed by atoms with Crippen molar-refractivity contribution >= 4 is 46.7 Å². The predicted molar refractivity (Wildman–Crippen MR) is 133 cm³/mol. The van der Waals surface area contributed by atoms with E-state index in [1.54, 1.807) is 32.0 Å². The highest BCUT2D eigenvalue weighted by Gasteiger charge is 2.33. The maximum atomic E-state index is 13.4. The number of nitrogens with zero attached hydrogens (tertiary/aromatic N) is 1. The molecule has 0 aromatic heterocycles. The molecule has 0 spiro atoms. The van der Waals surface area contributed by atoms with Crippen LogP contribution in [0.5, 0.6) is 0 Å². The number of nitro groups is 1. The summed E-state index contributed by atoms with van der Waals surface area (Å²) in [4.78, 5) is 10.7. The molecule has 4 aromatic carbocycles. The van der Waals surface area contributed by atoms with Gasteiger partial charge in [-0.1, -0.05) is 41.9 Å². The second-order valence-corrected chi connectivity index (χ2v) is 9.55. The molecule has 0 aliphatic carbocycles. The zero-order chi connectivity index (χ0) is 24.3. The van der Waals surface area contributed by atoms with Crippen molar-refractivity contribution in [3.05, 3.63) is 99.1 Å². The first-order valence-corrected chi connectivity index (χ1v) is 12.6. The van der Waals surface area contributed by atoms with E-state index in [0.29, 0.717) is 16.1 Å². The zero-order valence-corrected chi connectivity index (χ0v) is 20.3. The Morgan fingerprint density at radius 2 is 1.59 bits per heavy atom. The molecule has 0 fully saturated rings. The van der Waals surface area contributed by atoms with E-state index in [4.69, 9.17) is 25.2 Å². The first-order valence-electron chi connectivity index (χ1n) is 10.8. The molecule has 0 unspecified atom stereocenters. The van der Waals surface area contributed by atoms with Crippen molar-refractivity contribution in [3.8, 4) is 0 Å². The lowest BCUT2D eigenvalue weighted by Gasteiger charge is -2.25. The Morgan fingerprint density at radius 1 is 0.912 bits per heavy atom. The molecule has 1 atom stereocenters. The van der Waals surface area contributed by atoms with Gasteiger partial charge in [-0.25, -0.2) is 4.57 Å². The van der Waals surface area contributed by atoms with Gasteiger partial charge in [0.15, 0.2) is 0 Å². The third-order valence-electron chi connectivity index (χ3n) is 5.35. The lowest BCUT2D eigenvalue weighted by Crippen LogP contribution is -2.09. The summed E-state index contributed by atoms with van der Waals surface area (Å²) in [6.45, 7) is 3.64. The molecule has 4 aromatic rings. The van der Waals surface area contributed by atoms with Gasteiger partial charge in [0, 0.05) is 17.2 Å². The molecule has 0 saturated carbocycles. The second-order valence-electron chi connectivity index (χ2n) is 7.49. The number of hydrogen-bond acceptors (Lipinski definition) is 6. The Morgan fingerprint density at radius 3 is 2.24 bits per heavy atom. The summed E-state index contributed by atoms with van der Waals surface area (Å²) in [5.74, 6) is 0. The summed E-state index contributed by atoms with van der Waals surface area (Å²) in [5, 5.41) is 15.4. The Balaban J connectivity index is 1.97. The number of phosphoric ester groups is 1. The van der Waals surface area contributed by atoms with Crippen molar-refractivity contribution in [2.45, 2.75) is 20.0 Å².